The molecule has 0 saturated carbocycles. The summed E-state index contributed by atoms with van der Waals surface area (Å²) in [4.78, 5) is 27.3. The Morgan fingerprint density at radius 1 is 1.16 bits per heavy atom. The quantitative estimate of drug-likeness (QED) is 0.514. The molecule has 0 aliphatic heterocycles. The lowest BCUT2D eigenvalue weighted by molar-refractivity contribution is -0.117. The first-order valence-electron chi connectivity index (χ1n) is 9.36. The number of pyridine rings is 1. The van der Waals surface area contributed by atoms with Crippen molar-refractivity contribution >= 4 is 35.0 Å². The molecule has 9 nitrogen and oxygen atoms in total. The predicted molar refractivity (Wildman–Crippen MR) is 117 cm³/mol. The number of carbonyl (C=O) groups excluding carboxylic acids is 2. The first-order chi connectivity index (χ1) is 14.6. The lowest BCUT2D eigenvalue weighted by Gasteiger charge is -2.12. The Labute approximate surface area is 183 Å². The van der Waals surface area contributed by atoms with Crippen LogP contribution in [0.2, 0.25) is 5.02 Å². The lowest BCUT2D eigenvalue weighted by atomic mass is 9.93. The highest BCUT2D eigenvalue weighted by Crippen LogP contribution is 2.32. The maximum atomic E-state index is 12.2. The van der Waals surface area contributed by atoms with E-state index in [0.717, 1.165) is 0 Å². The Morgan fingerprint density at radius 2 is 1.94 bits per heavy atom. The first kappa shape index (κ1) is 22.1. The maximum Gasteiger partial charge on any atom is 0.324 e. The zero-order valence-electron chi connectivity index (χ0n) is 17.2. The van der Waals surface area contributed by atoms with Crippen molar-refractivity contribution in [2.24, 2.45) is 5.73 Å². The molecule has 10 heteroatoms. The number of nitrogens with zero attached hydrogens (tertiary/aromatic N) is 2. The molecule has 162 valence electrons. The number of hydrogen-bond donors (Lipinski definition) is 3. The number of anilines is 2. The normalized spacial score (nSPS) is 11.1. The number of halogens is 1. The minimum Gasteiger partial charge on any atom is -0.456 e. The van der Waals surface area contributed by atoms with Gasteiger partial charge < -0.3 is 20.3 Å². The zero-order chi connectivity index (χ0) is 22.6. The van der Waals surface area contributed by atoms with Crippen LogP contribution in [0.5, 0.6) is 11.5 Å². The van der Waals surface area contributed by atoms with Crippen molar-refractivity contribution in [3.63, 3.8) is 0 Å². The van der Waals surface area contributed by atoms with Gasteiger partial charge in [0.2, 0.25) is 5.91 Å². The average Bonchev–Trinajstić information content (AvgIpc) is 3.12. The molecule has 0 atom stereocenters. The Bertz CT molecular complexity index is 1110. The van der Waals surface area contributed by atoms with Gasteiger partial charge in [-0.15, -0.1) is 0 Å². The van der Waals surface area contributed by atoms with Crippen LogP contribution in [0.1, 0.15) is 32.2 Å². The number of amides is 3. The minimum atomic E-state index is -0.497. The molecule has 3 amide bonds. The van der Waals surface area contributed by atoms with Gasteiger partial charge in [-0.3, -0.25) is 15.1 Å². The molecule has 0 spiro atoms. The van der Waals surface area contributed by atoms with E-state index in [9.17, 15) is 9.59 Å². The van der Waals surface area contributed by atoms with Gasteiger partial charge in [0, 0.05) is 29.4 Å². The number of nitrogens with one attached hydrogen (secondary N) is 2. The highest BCUT2D eigenvalue weighted by molar-refractivity contribution is 6.32. The first-order valence-corrected chi connectivity index (χ1v) is 9.74. The summed E-state index contributed by atoms with van der Waals surface area (Å²) in [6.07, 6.45) is 1.52. The Morgan fingerprint density at radius 3 is 2.58 bits per heavy atom. The molecule has 31 heavy (non-hydrogen) atoms. The van der Waals surface area contributed by atoms with Gasteiger partial charge in [0.15, 0.2) is 5.82 Å². The number of urea groups is 1. The SMILES string of the molecule is CC(C)(C)c1cc(NC(=O)Nc2ccc(Oc3ccnc(CC(N)=O)c3)c(Cl)c2)no1. The fourth-order valence-electron chi connectivity index (χ4n) is 2.55. The van der Waals surface area contributed by atoms with Crippen molar-refractivity contribution in [1.29, 1.82) is 0 Å². The van der Waals surface area contributed by atoms with Crippen LogP contribution in [0.4, 0.5) is 16.3 Å². The number of carbonyl (C=O) groups is 2. The molecule has 0 aliphatic rings. The topological polar surface area (TPSA) is 132 Å². The molecule has 0 saturated heterocycles. The van der Waals surface area contributed by atoms with Crippen molar-refractivity contribution in [2.75, 3.05) is 10.6 Å². The van der Waals surface area contributed by atoms with Crippen LogP contribution in [-0.4, -0.2) is 22.1 Å². The fraction of sp³-hybridized carbons (Fsp3) is 0.238. The summed E-state index contributed by atoms with van der Waals surface area (Å²) in [6, 6.07) is 9.20. The van der Waals surface area contributed by atoms with Gasteiger partial charge in [-0.1, -0.05) is 37.5 Å². The van der Waals surface area contributed by atoms with Crippen LogP contribution in [0.15, 0.2) is 47.1 Å². The van der Waals surface area contributed by atoms with Crippen LogP contribution in [-0.2, 0) is 16.6 Å². The van der Waals surface area contributed by atoms with Crippen molar-refractivity contribution < 1.29 is 18.8 Å². The second-order valence-corrected chi connectivity index (χ2v) is 8.19. The van der Waals surface area contributed by atoms with E-state index in [-0.39, 0.29) is 16.9 Å². The zero-order valence-corrected chi connectivity index (χ0v) is 18.0. The van der Waals surface area contributed by atoms with Crippen LogP contribution < -0.4 is 21.1 Å². The lowest BCUT2D eigenvalue weighted by Crippen LogP contribution is -2.19. The van der Waals surface area contributed by atoms with Gasteiger partial charge in [0.1, 0.15) is 17.3 Å². The summed E-state index contributed by atoms with van der Waals surface area (Å²) >= 11 is 6.29. The molecule has 0 bridgehead atoms. The molecule has 0 unspecified atom stereocenters. The minimum absolute atomic E-state index is 0.00562. The molecule has 0 fully saturated rings. The van der Waals surface area contributed by atoms with Crippen LogP contribution >= 0.6 is 11.6 Å². The van der Waals surface area contributed by atoms with Gasteiger partial charge >= 0.3 is 6.03 Å². The number of nitrogens with two attached hydrogens (primary N) is 1. The highest BCUT2D eigenvalue weighted by atomic mass is 35.5. The second-order valence-electron chi connectivity index (χ2n) is 7.78. The van der Waals surface area contributed by atoms with Gasteiger partial charge in [0.25, 0.3) is 0 Å². The van der Waals surface area contributed by atoms with Gasteiger partial charge in [0.05, 0.1) is 17.1 Å². The summed E-state index contributed by atoms with van der Waals surface area (Å²) in [6.45, 7) is 5.94. The van der Waals surface area contributed by atoms with Crippen molar-refractivity contribution in [3.05, 3.63) is 59.1 Å². The monoisotopic (exact) mass is 443 g/mol. The third-order valence-corrected chi connectivity index (χ3v) is 4.35. The van der Waals surface area contributed by atoms with E-state index in [1.165, 1.54) is 6.20 Å². The van der Waals surface area contributed by atoms with Crippen molar-refractivity contribution in [3.8, 4) is 11.5 Å². The molecular formula is C21H22ClN5O4. The molecule has 3 aromatic rings. The molecule has 1 aromatic carbocycles. The number of ether oxygens (including phenoxy) is 1. The number of benzene rings is 1. The highest BCUT2D eigenvalue weighted by Gasteiger charge is 2.20. The molecule has 0 radical (unpaired) electrons. The van der Waals surface area contributed by atoms with E-state index >= 15 is 0 Å². The smallest absolute Gasteiger partial charge is 0.324 e. The van der Waals surface area contributed by atoms with E-state index in [2.05, 4.69) is 20.8 Å². The van der Waals surface area contributed by atoms with Crippen LogP contribution in [0, 0.1) is 0 Å². The number of primary amides is 1. The van der Waals surface area contributed by atoms with E-state index in [4.69, 9.17) is 26.6 Å². The third kappa shape index (κ3) is 6.19. The van der Waals surface area contributed by atoms with Crippen LogP contribution in [0.3, 0.4) is 0 Å². The van der Waals surface area contributed by atoms with E-state index in [0.29, 0.717) is 34.5 Å². The standard InChI is InChI=1S/C21H22ClN5O4/c1-21(2,3)17-11-19(27-31-17)26-20(29)25-12-4-5-16(15(22)9-12)30-14-6-7-24-13(8-14)10-18(23)28/h4-9,11H,10H2,1-3H3,(H2,23,28)(H2,25,26,27,29). The number of hydrogen-bond acceptors (Lipinski definition) is 6. The van der Waals surface area contributed by atoms with E-state index < -0.39 is 11.9 Å². The van der Waals surface area contributed by atoms with Crippen LogP contribution in [0.25, 0.3) is 0 Å². The molecular weight excluding hydrogens is 422 g/mol. The Balaban J connectivity index is 1.63. The number of aromatic nitrogens is 2. The summed E-state index contributed by atoms with van der Waals surface area (Å²) in [5.41, 5.74) is 5.91. The fourth-order valence-corrected chi connectivity index (χ4v) is 2.77. The van der Waals surface area contributed by atoms with Gasteiger partial charge in [-0.05, 0) is 24.3 Å². The Kier molecular flexibility index (Phi) is 6.45. The van der Waals surface area contributed by atoms with Crippen molar-refractivity contribution in [2.45, 2.75) is 32.6 Å². The molecule has 4 N–H and O–H groups in total. The van der Waals surface area contributed by atoms with E-state index in [1.54, 1.807) is 36.4 Å². The van der Waals surface area contributed by atoms with Crippen molar-refractivity contribution in [1.82, 2.24) is 10.1 Å². The summed E-state index contributed by atoms with van der Waals surface area (Å²) in [7, 11) is 0. The molecule has 0 aliphatic carbocycles. The molecule has 2 heterocycles. The van der Waals surface area contributed by atoms with E-state index in [1.807, 2.05) is 20.8 Å². The summed E-state index contributed by atoms with van der Waals surface area (Å²) in [5.74, 6) is 1.29. The Hall–Kier alpha value is -3.59. The maximum absolute atomic E-state index is 12.2. The molecule has 3 rings (SSSR count). The molecule has 2 aromatic heterocycles. The summed E-state index contributed by atoms with van der Waals surface area (Å²) in [5, 5.41) is 9.39. The summed E-state index contributed by atoms with van der Waals surface area (Å²) < 4.78 is 11.0. The average molecular weight is 444 g/mol. The third-order valence-electron chi connectivity index (χ3n) is 4.05. The van der Waals surface area contributed by atoms with Gasteiger partial charge in [-0.25, -0.2) is 4.79 Å². The number of rotatable bonds is 6. The largest absolute Gasteiger partial charge is 0.456 e. The predicted octanol–water partition coefficient (Wildman–Crippen LogP) is 4.48. The van der Waals surface area contributed by atoms with Gasteiger partial charge in [-0.2, -0.15) is 0 Å². The second kappa shape index (κ2) is 9.05.